The van der Waals surface area contributed by atoms with Gasteiger partial charge in [-0.15, -0.1) is 0 Å². The van der Waals surface area contributed by atoms with Crippen LogP contribution in [-0.4, -0.2) is 18.3 Å². The Balaban J connectivity index is 2.69. The number of hydrogen-bond donors (Lipinski definition) is 1. The summed E-state index contributed by atoms with van der Waals surface area (Å²) in [7, 11) is 1.60. The van der Waals surface area contributed by atoms with Crippen LogP contribution >= 0.6 is 0 Å². The summed E-state index contributed by atoms with van der Waals surface area (Å²) in [6, 6.07) is 0. The molecular weight excluding hydrogens is 116 g/mol. The number of allylic oxidation sites excluding steroid dienone is 1. The molecule has 1 N–H and O–H groups in total. The van der Waals surface area contributed by atoms with E-state index in [1.165, 1.54) is 5.57 Å². The van der Waals surface area contributed by atoms with Gasteiger partial charge in [-0.1, -0.05) is 0 Å². The Morgan fingerprint density at radius 3 is 2.56 bits per heavy atom. The van der Waals surface area contributed by atoms with E-state index in [1.807, 2.05) is 6.92 Å². The Hall–Kier alpha value is -0.500. The zero-order valence-corrected chi connectivity index (χ0v) is 5.85. The fourth-order valence-corrected chi connectivity index (χ4v) is 1.20. The van der Waals surface area contributed by atoms with Crippen molar-refractivity contribution in [1.29, 1.82) is 0 Å². The Bertz CT molecular complexity index is 138. The third-order valence-electron chi connectivity index (χ3n) is 1.74. The summed E-state index contributed by atoms with van der Waals surface area (Å²) in [5.41, 5.74) is 1.19. The van der Waals surface area contributed by atoms with Gasteiger partial charge in [0.05, 0.1) is 7.11 Å². The normalized spacial score (nSPS) is 27.2. The maximum atomic E-state index is 9.18. The largest absolute Gasteiger partial charge is 0.498 e. The molecule has 2 heteroatoms. The third-order valence-corrected chi connectivity index (χ3v) is 1.74. The molecule has 0 fully saturated rings. The van der Waals surface area contributed by atoms with E-state index >= 15 is 0 Å². The molecule has 0 amide bonds. The van der Waals surface area contributed by atoms with Gasteiger partial charge in [0.25, 0.3) is 0 Å². The maximum Gasteiger partial charge on any atom is 0.123 e. The lowest BCUT2D eigenvalue weighted by Crippen LogP contribution is -2.05. The smallest absolute Gasteiger partial charge is 0.123 e. The lowest BCUT2D eigenvalue weighted by Gasteiger charge is -2.05. The average molecular weight is 128 g/mol. The predicted octanol–water partition coefficient (Wildman–Crippen LogP) is 1.06. The van der Waals surface area contributed by atoms with Gasteiger partial charge in [0.15, 0.2) is 0 Å². The molecule has 0 saturated carbocycles. The summed E-state index contributed by atoms with van der Waals surface area (Å²) in [5.74, 6) is 0.773. The van der Waals surface area contributed by atoms with Gasteiger partial charge in [-0.05, 0) is 25.3 Å². The first kappa shape index (κ1) is 6.62. The zero-order valence-electron chi connectivity index (χ0n) is 5.85. The van der Waals surface area contributed by atoms with Gasteiger partial charge < -0.3 is 9.84 Å². The van der Waals surface area contributed by atoms with Crippen molar-refractivity contribution in [3.8, 4) is 0 Å². The molecule has 52 valence electrons. The summed E-state index contributed by atoms with van der Waals surface area (Å²) in [6.07, 6.45) is 1.47. The molecule has 0 heterocycles. The molecule has 1 atom stereocenters. The summed E-state index contributed by atoms with van der Waals surface area (Å²) < 4.78 is 4.97. The van der Waals surface area contributed by atoms with Crippen LogP contribution in [0, 0.1) is 0 Å². The molecule has 9 heavy (non-hydrogen) atoms. The lowest BCUT2D eigenvalue weighted by molar-refractivity contribution is 0.134. The molecule has 0 saturated heterocycles. The van der Waals surface area contributed by atoms with Gasteiger partial charge in [-0.2, -0.15) is 0 Å². The SMILES string of the molecule is COC1=C(C)CCC1O. The van der Waals surface area contributed by atoms with E-state index in [-0.39, 0.29) is 6.10 Å². The van der Waals surface area contributed by atoms with E-state index in [0.717, 1.165) is 18.6 Å². The van der Waals surface area contributed by atoms with Crippen LogP contribution in [0.3, 0.4) is 0 Å². The number of aliphatic hydroxyl groups is 1. The van der Waals surface area contributed by atoms with Crippen LogP contribution in [0.4, 0.5) is 0 Å². The number of hydrogen-bond acceptors (Lipinski definition) is 2. The van der Waals surface area contributed by atoms with Gasteiger partial charge in [-0.3, -0.25) is 0 Å². The summed E-state index contributed by atoms with van der Waals surface area (Å²) >= 11 is 0. The second-order valence-corrected chi connectivity index (χ2v) is 2.40. The highest BCUT2D eigenvalue weighted by Crippen LogP contribution is 2.25. The molecule has 0 aliphatic heterocycles. The molecule has 0 spiro atoms. The molecule has 0 aromatic carbocycles. The quantitative estimate of drug-likeness (QED) is 0.572. The van der Waals surface area contributed by atoms with Crippen LogP contribution in [0.15, 0.2) is 11.3 Å². The minimum atomic E-state index is -0.338. The van der Waals surface area contributed by atoms with Crippen molar-refractivity contribution in [3.05, 3.63) is 11.3 Å². The second kappa shape index (κ2) is 2.40. The van der Waals surface area contributed by atoms with Gasteiger partial charge in [-0.25, -0.2) is 0 Å². The van der Waals surface area contributed by atoms with Gasteiger partial charge in [0.1, 0.15) is 11.9 Å². The van der Waals surface area contributed by atoms with Crippen LogP contribution in [-0.2, 0) is 4.74 Å². The first-order valence-electron chi connectivity index (χ1n) is 3.17. The van der Waals surface area contributed by atoms with E-state index in [9.17, 15) is 5.11 Å². The van der Waals surface area contributed by atoms with Crippen molar-refractivity contribution in [1.82, 2.24) is 0 Å². The Kier molecular flexibility index (Phi) is 1.76. The first-order chi connectivity index (χ1) is 4.25. The van der Waals surface area contributed by atoms with E-state index < -0.39 is 0 Å². The fourth-order valence-electron chi connectivity index (χ4n) is 1.20. The van der Waals surface area contributed by atoms with E-state index in [4.69, 9.17) is 4.74 Å². The minimum absolute atomic E-state index is 0.338. The van der Waals surface area contributed by atoms with Crippen molar-refractivity contribution < 1.29 is 9.84 Å². The number of aliphatic hydroxyl groups excluding tert-OH is 1. The van der Waals surface area contributed by atoms with Gasteiger partial charge in [0, 0.05) is 0 Å². The van der Waals surface area contributed by atoms with Crippen molar-refractivity contribution in [3.63, 3.8) is 0 Å². The van der Waals surface area contributed by atoms with Gasteiger partial charge >= 0.3 is 0 Å². The number of rotatable bonds is 1. The van der Waals surface area contributed by atoms with Crippen molar-refractivity contribution in [2.75, 3.05) is 7.11 Å². The Morgan fingerprint density at radius 1 is 1.67 bits per heavy atom. The summed E-state index contributed by atoms with van der Waals surface area (Å²) in [5, 5.41) is 9.18. The Morgan fingerprint density at radius 2 is 2.33 bits per heavy atom. The molecule has 0 aromatic rings. The number of methoxy groups -OCH3 is 1. The molecule has 2 nitrogen and oxygen atoms in total. The summed E-state index contributed by atoms with van der Waals surface area (Å²) in [4.78, 5) is 0. The topological polar surface area (TPSA) is 29.5 Å². The molecule has 0 aromatic heterocycles. The highest BCUT2D eigenvalue weighted by molar-refractivity contribution is 5.16. The van der Waals surface area contributed by atoms with Crippen molar-refractivity contribution in [2.24, 2.45) is 0 Å². The summed E-state index contributed by atoms with van der Waals surface area (Å²) in [6.45, 7) is 2.00. The zero-order chi connectivity index (χ0) is 6.85. The van der Waals surface area contributed by atoms with Crippen LogP contribution in [0.5, 0.6) is 0 Å². The van der Waals surface area contributed by atoms with Crippen LogP contribution < -0.4 is 0 Å². The van der Waals surface area contributed by atoms with Gasteiger partial charge in [0.2, 0.25) is 0 Å². The molecule has 1 unspecified atom stereocenters. The number of ether oxygens (including phenoxy) is 1. The minimum Gasteiger partial charge on any atom is -0.498 e. The van der Waals surface area contributed by atoms with E-state index in [0.29, 0.717) is 0 Å². The van der Waals surface area contributed by atoms with Crippen molar-refractivity contribution >= 4 is 0 Å². The fraction of sp³-hybridized carbons (Fsp3) is 0.714. The third kappa shape index (κ3) is 1.08. The van der Waals surface area contributed by atoms with E-state index in [2.05, 4.69) is 0 Å². The molecule has 1 rings (SSSR count). The second-order valence-electron chi connectivity index (χ2n) is 2.40. The highest BCUT2D eigenvalue weighted by atomic mass is 16.5. The lowest BCUT2D eigenvalue weighted by atomic mass is 10.3. The maximum absolute atomic E-state index is 9.18. The molecular formula is C7H12O2. The van der Waals surface area contributed by atoms with Crippen LogP contribution in [0.2, 0.25) is 0 Å². The van der Waals surface area contributed by atoms with E-state index in [1.54, 1.807) is 7.11 Å². The first-order valence-corrected chi connectivity index (χ1v) is 3.17. The van der Waals surface area contributed by atoms with Crippen LogP contribution in [0.25, 0.3) is 0 Å². The molecule has 0 radical (unpaired) electrons. The average Bonchev–Trinajstić information content (AvgIpc) is 2.12. The van der Waals surface area contributed by atoms with Crippen LogP contribution in [0.1, 0.15) is 19.8 Å². The molecule has 1 aliphatic rings. The predicted molar refractivity (Wildman–Crippen MR) is 34.9 cm³/mol. The van der Waals surface area contributed by atoms with Crippen molar-refractivity contribution in [2.45, 2.75) is 25.9 Å². The highest BCUT2D eigenvalue weighted by Gasteiger charge is 2.20. The Labute approximate surface area is 55.1 Å². The molecule has 1 aliphatic carbocycles. The molecule has 0 bridgehead atoms. The monoisotopic (exact) mass is 128 g/mol. The standard InChI is InChI=1S/C7H12O2/c1-5-3-4-6(8)7(5)9-2/h6,8H,3-4H2,1-2H3.